The molecular formula is C17H21NO3. The lowest BCUT2D eigenvalue weighted by molar-refractivity contribution is 0.218. The Labute approximate surface area is 125 Å². The quantitative estimate of drug-likeness (QED) is 0.848. The summed E-state index contributed by atoms with van der Waals surface area (Å²) in [5.41, 5.74) is 1.51. The molecule has 0 spiro atoms. The van der Waals surface area contributed by atoms with Crippen molar-refractivity contribution in [3.63, 3.8) is 0 Å². The first-order valence-corrected chi connectivity index (χ1v) is 7.23. The second-order valence-electron chi connectivity index (χ2n) is 4.71. The fourth-order valence-corrected chi connectivity index (χ4v) is 1.99. The molecule has 0 saturated carbocycles. The number of aromatic nitrogens is 1. The van der Waals surface area contributed by atoms with E-state index in [9.17, 15) is 5.11 Å². The highest BCUT2D eigenvalue weighted by molar-refractivity contribution is 5.35. The molecule has 1 atom stereocenters. The van der Waals surface area contributed by atoms with E-state index < -0.39 is 6.10 Å². The van der Waals surface area contributed by atoms with E-state index in [1.54, 1.807) is 12.4 Å². The van der Waals surface area contributed by atoms with Gasteiger partial charge in [-0.15, -0.1) is 0 Å². The highest BCUT2D eigenvalue weighted by atomic mass is 16.5. The molecule has 0 aliphatic heterocycles. The van der Waals surface area contributed by atoms with Crippen molar-refractivity contribution in [1.82, 2.24) is 4.98 Å². The summed E-state index contributed by atoms with van der Waals surface area (Å²) < 4.78 is 10.9. The molecule has 0 fully saturated rings. The van der Waals surface area contributed by atoms with Gasteiger partial charge >= 0.3 is 0 Å². The lowest BCUT2D eigenvalue weighted by Gasteiger charge is -2.13. The van der Waals surface area contributed by atoms with Gasteiger partial charge in [0.1, 0.15) is 17.6 Å². The van der Waals surface area contributed by atoms with Crippen LogP contribution in [0.1, 0.15) is 37.5 Å². The van der Waals surface area contributed by atoms with Crippen LogP contribution in [0.4, 0.5) is 0 Å². The molecule has 0 radical (unpaired) electrons. The van der Waals surface area contributed by atoms with Gasteiger partial charge in [-0.25, -0.2) is 0 Å². The molecule has 2 aromatic rings. The summed E-state index contributed by atoms with van der Waals surface area (Å²) in [6.45, 7) is 5.26. The van der Waals surface area contributed by atoms with Crippen molar-refractivity contribution in [3.8, 4) is 11.5 Å². The van der Waals surface area contributed by atoms with Gasteiger partial charge in [0.2, 0.25) is 0 Å². The van der Waals surface area contributed by atoms with Gasteiger partial charge < -0.3 is 14.6 Å². The van der Waals surface area contributed by atoms with Gasteiger partial charge in [0.05, 0.1) is 19.4 Å². The van der Waals surface area contributed by atoms with Crippen LogP contribution in [-0.4, -0.2) is 23.3 Å². The Hall–Kier alpha value is -2.07. The van der Waals surface area contributed by atoms with Gasteiger partial charge in [0, 0.05) is 11.8 Å². The summed E-state index contributed by atoms with van der Waals surface area (Å²) in [6.07, 6.45) is 3.52. The topological polar surface area (TPSA) is 51.6 Å². The Morgan fingerprint density at radius 2 is 1.76 bits per heavy atom. The third-order valence-electron chi connectivity index (χ3n) is 3.03. The fraction of sp³-hybridized carbons (Fsp3) is 0.353. The average molecular weight is 287 g/mol. The minimum absolute atomic E-state index is 0.628. The number of aliphatic hydroxyl groups excluding tert-OH is 1. The van der Waals surface area contributed by atoms with E-state index in [1.165, 1.54) is 0 Å². The molecule has 21 heavy (non-hydrogen) atoms. The Bertz CT molecular complexity index is 554. The van der Waals surface area contributed by atoms with E-state index >= 15 is 0 Å². The van der Waals surface area contributed by atoms with Gasteiger partial charge in [0.15, 0.2) is 0 Å². The van der Waals surface area contributed by atoms with Crippen molar-refractivity contribution < 1.29 is 14.6 Å². The van der Waals surface area contributed by atoms with Gasteiger partial charge in [0.25, 0.3) is 0 Å². The van der Waals surface area contributed by atoms with Crippen molar-refractivity contribution in [1.29, 1.82) is 0 Å². The molecule has 0 bridgehead atoms. The Kier molecular flexibility index (Phi) is 5.58. The van der Waals surface area contributed by atoms with Gasteiger partial charge in [-0.05, 0) is 37.1 Å². The van der Waals surface area contributed by atoms with Crippen LogP contribution in [0.2, 0.25) is 0 Å². The Morgan fingerprint density at radius 3 is 2.43 bits per heavy atom. The second-order valence-corrected chi connectivity index (χ2v) is 4.71. The zero-order valence-corrected chi connectivity index (χ0v) is 12.5. The van der Waals surface area contributed by atoms with Crippen molar-refractivity contribution in [2.45, 2.75) is 26.4 Å². The molecule has 0 saturated heterocycles. The fourth-order valence-electron chi connectivity index (χ4n) is 1.99. The van der Waals surface area contributed by atoms with E-state index in [1.807, 2.05) is 44.2 Å². The normalized spacial score (nSPS) is 12.0. The highest BCUT2D eigenvalue weighted by Gasteiger charge is 2.12. The van der Waals surface area contributed by atoms with Gasteiger partial charge in [-0.3, -0.25) is 4.98 Å². The van der Waals surface area contributed by atoms with E-state index in [0.29, 0.717) is 24.5 Å². The summed E-state index contributed by atoms with van der Waals surface area (Å²) in [5.74, 6) is 1.48. The van der Waals surface area contributed by atoms with Crippen molar-refractivity contribution in [2.75, 3.05) is 13.2 Å². The molecule has 112 valence electrons. The number of benzene rings is 1. The maximum absolute atomic E-state index is 10.4. The van der Waals surface area contributed by atoms with Crippen molar-refractivity contribution in [2.24, 2.45) is 0 Å². The lowest BCUT2D eigenvalue weighted by Crippen LogP contribution is -2.02. The van der Waals surface area contributed by atoms with Crippen molar-refractivity contribution in [3.05, 3.63) is 53.9 Å². The molecule has 0 aliphatic carbocycles. The number of aliphatic hydroxyl groups is 1. The minimum Gasteiger partial charge on any atom is -0.494 e. The average Bonchev–Trinajstić information content (AvgIpc) is 2.53. The van der Waals surface area contributed by atoms with Crippen LogP contribution in [0, 0.1) is 0 Å². The first-order chi connectivity index (χ1) is 10.2. The maximum atomic E-state index is 10.4. The third kappa shape index (κ3) is 4.20. The molecule has 4 heteroatoms. The Balaban J connectivity index is 2.13. The Morgan fingerprint density at radius 1 is 1.00 bits per heavy atom. The molecule has 1 heterocycles. The first kappa shape index (κ1) is 15.3. The van der Waals surface area contributed by atoms with Crippen LogP contribution >= 0.6 is 0 Å². The zero-order valence-electron chi connectivity index (χ0n) is 12.5. The molecule has 1 aromatic carbocycles. The first-order valence-electron chi connectivity index (χ1n) is 7.23. The molecule has 1 unspecified atom stereocenters. The van der Waals surface area contributed by atoms with Crippen LogP contribution in [0.15, 0.2) is 42.7 Å². The maximum Gasteiger partial charge on any atom is 0.137 e. The van der Waals surface area contributed by atoms with Crippen LogP contribution in [0.25, 0.3) is 0 Å². The molecular weight excluding hydrogens is 266 g/mol. The summed E-state index contributed by atoms with van der Waals surface area (Å²) in [5, 5.41) is 10.4. The van der Waals surface area contributed by atoms with Crippen LogP contribution in [0.5, 0.6) is 11.5 Å². The van der Waals surface area contributed by atoms with E-state index in [4.69, 9.17) is 9.47 Å². The summed E-state index contributed by atoms with van der Waals surface area (Å²) in [6, 6.07) is 9.24. The predicted molar refractivity (Wildman–Crippen MR) is 81.7 cm³/mol. The standard InChI is InChI=1S/C17H21NO3/c1-3-9-21-16-10-14(11-18-12-16)17(19)13-5-7-15(8-6-13)20-4-2/h5-8,10-12,17,19H,3-4,9H2,1-2H3. The van der Waals surface area contributed by atoms with Crippen LogP contribution < -0.4 is 9.47 Å². The number of pyridine rings is 1. The highest BCUT2D eigenvalue weighted by Crippen LogP contribution is 2.25. The SMILES string of the molecule is CCCOc1cncc(C(O)c2ccc(OCC)cc2)c1. The largest absolute Gasteiger partial charge is 0.494 e. The third-order valence-corrected chi connectivity index (χ3v) is 3.03. The summed E-state index contributed by atoms with van der Waals surface area (Å²) in [4.78, 5) is 4.12. The van der Waals surface area contributed by atoms with E-state index in [-0.39, 0.29) is 0 Å². The molecule has 1 N–H and O–H groups in total. The number of hydrogen-bond acceptors (Lipinski definition) is 4. The molecule has 4 nitrogen and oxygen atoms in total. The van der Waals surface area contributed by atoms with Gasteiger partial charge in [-0.1, -0.05) is 19.1 Å². The van der Waals surface area contributed by atoms with Gasteiger partial charge in [-0.2, -0.15) is 0 Å². The second kappa shape index (κ2) is 7.64. The van der Waals surface area contributed by atoms with Crippen LogP contribution in [-0.2, 0) is 0 Å². The number of hydrogen-bond donors (Lipinski definition) is 1. The zero-order chi connectivity index (χ0) is 15.1. The summed E-state index contributed by atoms with van der Waals surface area (Å²) >= 11 is 0. The minimum atomic E-state index is -0.724. The molecule has 1 aromatic heterocycles. The predicted octanol–water partition coefficient (Wildman–Crippen LogP) is 3.35. The summed E-state index contributed by atoms with van der Waals surface area (Å²) in [7, 11) is 0. The number of ether oxygens (including phenoxy) is 2. The smallest absolute Gasteiger partial charge is 0.137 e. The van der Waals surface area contributed by atoms with E-state index in [2.05, 4.69) is 4.98 Å². The molecule has 2 rings (SSSR count). The molecule has 0 aliphatic rings. The number of nitrogens with zero attached hydrogens (tertiary/aromatic N) is 1. The number of rotatable bonds is 7. The lowest BCUT2D eigenvalue weighted by atomic mass is 10.0. The van der Waals surface area contributed by atoms with E-state index in [0.717, 1.165) is 17.7 Å². The van der Waals surface area contributed by atoms with Crippen LogP contribution in [0.3, 0.4) is 0 Å². The van der Waals surface area contributed by atoms with Crippen molar-refractivity contribution >= 4 is 0 Å². The molecule has 0 amide bonds. The monoisotopic (exact) mass is 287 g/mol.